The monoisotopic (exact) mass is 659 g/mol. The van der Waals surface area contributed by atoms with E-state index in [2.05, 4.69) is 5.32 Å². The number of rotatable bonds is 14. The number of halogens is 2. The van der Waals surface area contributed by atoms with Gasteiger partial charge in [0.1, 0.15) is 11.8 Å². The van der Waals surface area contributed by atoms with Gasteiger partial charge in [0, 0.05) is 48.1 Å². The van der Waals surface area contributed by atoms with E-state index < -0.39 is 16.1 Å². The SMILES string of the molecule is COc1cccc(N(CCCC(=O)N(Cc2ccc(Cl)cc2Cl)C(Cc2ccccc2)C(=O)NC2CCCC2)S(C)(=O)=O)c1. The van der Waals surface area contributed by atoms with Gasteiger partial charge in [0.05, 0.1) is 19.1 Å². The summed E-state index contributed by atoms with van der Waals surface area (Å²) in [4.78, 5) is 29.5. The molecule has 0 aliphatic heterocycles. The number of amides is 2. The van der Waals surface area contributed by atoms with Crippen LogP contribution in [0.2, 0.25) is 10.0 Å². The van der Waals surface area contributed by atoms with Gasteiger partial charge in [-0.25, -0.2) is 8.42 Å². The number of nitrogens with zero attached hydrogens (tertiary/aromatic N) is 2. The van der Waals surface area contributed by atoms with Crippen molar-refractivity contribution < 1.29 is 22.7 Å². The molecule has 1 aliphatic rings. The first-order chi connectivity index (χ1) is 21.0. The number of methoxy groups -OCH3 is 1. The van der Waals surface area contributed by atoms with Crippen LogP contribution < -0.4 is 14.4 Å². The van der Waals surface area contributed by atoms with E-state index in [1.165, 1.54) is 11.4 Å². The molecule has 4 rings (SSSR count). The van der Waals surface area contributed by atoms with Crippen molar-refractivity contribution in [3.8, 4) is 5.75 Å². The Morgan fingerprint density at radius 3 is 2.39 bits per heavy atom. The van der Waals surface area contributed by atoms with E-state index in [1.807, 2.05) is 30.3 Å². The second-order valence-corrected chi connectivity index (χ2v) is 13.8. The van der Waals surface area contributed by atoms with Gasteiger partial charge in [-0.15, -0.1) is 0 Å². The molecule has 236 valence electrons. The Morgan fingerprint density at radius 2 is 1.73 bits per heavy atom. The summed E-state index contributed by atoms with van der Waals surface area (Å²) < 4.78 is 32.0. The minimum Gasteiger partial charge on any atom is -0.497 e. The summed E-state index contributed by atoms with van der Waals surface area (Å²) in [6.45, 7) is 0.168. The number of anilines is 1. The molecule has 0 aromatic heterocycles. The summed E-state index contributed by atoms with van der Waals surface area (Å²) in [6, 6.07) is 20.7. The van der Waals surface area contributed by atoms with Crippen LogP contribution in [0.15, 0.2) is 72.8 Å². The highest BCUT2D eigenvalue weighted by Gasteiger charge is 2.32. The van der Waals surface area contributed by atoms with Crippen molar-refractivity contribution in [1.29, 1.82) is 0 Å². The van der Waals surface area contributed by atoms with Crippen LogP contribution >= 0.6 is 23.2 Å². The minimum atomic E-state index is -3.64. The molecule has 0 spiro atoms. The minimum absolute atomic E-state index is 0.0171. The molecule has 1 fully saturated rings. The van der Waals surface area contributed by atoms with Gasteiger partial charge in [-0.2, -0.15) is 0 Å². The van der Waals surface area contributed by atoms with E-state index >= 15 is 0 Å². The zero-order chi connectivity index (χ0) is 31.7. The quantitative estimate of drug-likeness (QED) is 0.221. The fourth-order valence-electron chi connectivity index (χ4n) is 5.52. The molecule has 1 N–H and O–H groups in total. The van der Waals surface area contributed by atoms with Crippen molar-refractivity contribution in [3.05, 3.63) is 94.0 Å². The average Bonchev–Trinajstić information content (AvgIpc) is 3.51. The molecule has 0 saturated heterocycles. The molecule has 8 nitrogen and oxygen atoms in total. The maximum atomic E-state index is 14.1. The van der Waals surface area contributed by atoms with Gasteiger partial charge in [-0.3, -0.25) is 13.9 Å². The van der Waals surface area contributed by atoms with Crippen LogP contribution in [0.1, 0.15) is 49.7 Å². The number of carbonyl (C=O) groups excluding carboxylic acids is 2. The molecule has 44 heavy (non-hydrogen) atoms. The molecule has 0 heterocycles. The number of carbonyl (C=O) groups is 2. The van der Waals surface area contributed by atoms with E-state index in [0.29, 0.717) is 33.5 Å². The van der Waals surface area contributed by atoms with Gasteiger partial charge in [-0.05, 0) is 54.7 Å². The molecule has 1 aliphatic carbocycles. The highest BCUT2D eigenvalue weighted by atomic mass is 35.5. The lowest BCUT2D eigenvalue weighted by atomic mass is 10.0. The second-order valence-electron chi connectivity index (χ2n) is 11.1. The maximum Gasteiger partial charge on any atom is 0.243 e. The van der Waals surface area contributed by atoms with Gasteiger partial charge >= 0.3 is 0 Å². The highest BCUT2D eigenvalue weighted by molar-refractivity contribution is 7.92. The zero-order valence-corrected chi connectivity index (χ0v) is 27.4. The number of hydrogen-bond acceptors (Lipinski definition) is 5. The predicted molar refractivity (Wildman–Crippen MR) is 176 cm³/mol. The normalized spacial score (nSPS) is 14.2. The average molecular weight is 661 g/mol. The van der Waals surface area contributed by atoms with Crippen LogP contribution in [-0.4, -0.2) is 57.1 Å². The van der Waals surface area contributed by atoms with E-state index in [1.54, 1.807) is 47.4 Å². The van der Waals surface area contributed by atoms with Gasteiger partial charge in [0.2, 0.25) is 21.8 Å². The highest BCUT2D eigenvalue weighted by Crippen LogP contribution is 2.27. The van der Waals surface area contributed by atoms with Crippen LogP contribution in [0.4, 0.5) is 5.69 Å². The van der Waals surface area contributed by atoms with Gasteiger partial charge in [0.15, 0.2) is 0 Å². The van der Waals surface area contributed by atoms with E-state index in [-0.39, 0.29) is 43.8 Å². The van der Waals surface area contributed by atoms with Gasteiger partial charge < -0.3 is 15.0 Å². The Bertz CT molecular complexity index is 1530. The van der Waals surface area contributed by atoms with Crippen molar-refractivity contribution in [2.24, 2.45) is 0 Å². The number of nitrogens with one attached hydrogen (secondary N) is 1. The van der Waals surface area contributed by atoms with Gasteiger partial charge in [-0.1, -0.05) is 78.5 Å². The summed E-state index contributed by atoms with van der Waals surface area (Å²) >= 11 is 12.7. The maximum absolute atomic E-state index is 14.1. The molecule has 1 unspecified atom stereocenters. The lowest BCUT2D eigenvalue weighted by Gasteiger charge is -2.33. The summed E-state index contributed by atoms with van der Waals surface area (Å²) in [5.74, 6) is 0.0289. The molecule has 11 heteroatoms. The third-order valence-electron chi connectivity index (χ3n) is 7.82. The van der Waals surface area contributed by atoms with E-state index in [9.17, 15) is 18.0 Å². The largest absolute Gasteiger partial charge is 0.497 e. The third-order valence-corrected chi connectivity index (χ3v) is 9.60. The lowest BCUT2D eigenvalue weighted by Crippen LogP contribution is -2.52. The predicted octanol–water partition coefficient (Wildman–Crippen LogP) is 6.25. The Morgan fingerprint density at radius 1 is 1.00 bits per heavy atom. The lowest BCUT2D eigenvalue weighted by molar-refractivity contribution is -0.141. The van der Waals surface area contributed by atoms with Crippen molar-refractivity contribution >= 4 is 50.7 Å². The van der Waals surface area contributed by atoms with Crippen LogP contribution in [0.25, 0.3) is 0 Å². The van der Waals surface area contributed by atoms with E-state index in [4.69, 9.17) is 27.9 Å². The summed E-state index contributed by atoms with van der Waals surface area (Å²) in [6.07, 6.45) is 5.63. The molecular formula is C33H39Cl2N3O5S. The zero-order valence-electron chi connectivity index (χ0n) is 25.0. The summed E-state index contributed by atoms with van der Waals surface area (Å²) in [5.41, 5.74) is 2.02. The Kier molecular flexibility index (Phi) is 11.9. The van der Waals surface area contributed by atoms with Crippen molar-refractivity contribution in [2.75, 3.05) is 24.2 Å². The first kappa shape index (κ1) is 33.6. The summed E-state index contributed by atoms with van der Waals surface area (Å²) in [7, 11) is -2.13. The first-order valence-corrected chi connectivity index (χ1v) is 17.3. The summed E-state index contributed by atoms with van der Waals surface area (Å²) in [5, 5.41) is 4.05. The Hall–Kier alpha value is -3.27. The molecule has 3 aromatic rings. The molecular weight excluding hydrogens is 621 g/mol. The molecule has 1 saturated carbocycles. The fourth-order valence-corrected chi connectivity index (χ4v) is 6.95. The number of hydrogen-bond donors (Lipinski definition) is 1. The number of sulfonamides is 1. The Balaban J connectivity index is 1.61. The third kappa shape index (κ3) is 9.36. The van der Waals surface area contributed by atoms with Crippen LogP contribution in [-0.2, 0) is 32.6 Å². The number of ether oxygens (including phenoxy) is 1. The van der Waals surface area contributed by atoms with E-state index in [0.717, 1.165) is 37.5 Å². The molecule has 2 amide bonds. The molecule has 1 atom stereocenters. The Labute approximate surface area is 270 Å². The van der Waals surface area contributed by atoms with Crippen LogP contribution in [0.3, 0.4) is 0 Å². The second kappa shape index (κ2) is 15.6. The van der Waals surface area contributed by atoms with Gasteiger partial charge in [0.25, 0.3) is 0 Å². The van der Waals surface area contributed by atoms with Crippen molar-refractivity contribution in [3.63, 3.8) is 0 Å². The first-order valence-electron chi connectivity index (χ1n) is 14.7. The molecule has 0 radical (unpaired) electrons. The fraction of sp³-hybridized carbons (Fsp3) is 0.394. The van der Waals surface area contributed by atoms with Crippen LogP contribution in [0.5, 0.6) is 5.75 Å². The molecule has 0 bridgehead atoms. The standard InChI is InChI=1S/C33H39Cl2N3O5S/c1-43-29-15-8-14-28(22-29)38(44(2,41)42)19-9-16-32(39)37(23-25-17-18-26(34)21-30(25)35)31(20-24-10-4-3-5-11-24)33(40)36-27-12-6-7-13-27/h3-5,8,10-11,14-15,17-18,21-22,27,31H,6-7,9,12-13,16,19-20,23H2,1-2H3,(H,36,40). The van der Waals surface area contributed by atoms with Crippen molar-refractivity contribution in [1.82, 2.24) is 10.2 Å². The number of benzene rings is 3. The smallest absolute Gasteiger partial charge is 0.243 e. The molecule has 3 aromatic carbocycles. The van der Waals surface area contributed by atoms with Crippen molar-refractivity contribution in [2.45, 2.75) is 63.6 Å². The topological polar surface area (TPSA) is 96.0 Å². The van der Waals surface area contributed by atoms with Crippen LogP contribution in [0, 0.1) is 0 Å².